The van der Waals surface area contributed by atoms with Crippen LogP contribution in [0.5, 0.6) is 0 Å². The number of hydrogen-bond donors (Lipinski definition) is 1. The van der Waals surface area contributed by atoms with E-state index in [0.717, 1.165) is 18.7 Å². The van der Waals surface area contributed by atoms with Gasteiger partial charge in [-0.3, -0.25) is 4.79 Å². The Kier molecular flexibility index (Phi) is 3.89. The second-order valence-corrected chi connectivity index (χ2v) is 6.03. The Labute approximate surface area is 138 Å². The first-order valence-electron chi connectivity index (χ1n) is 8.15. The number of nitrogens with zero attached hydrogens (tertiary/aromatic N) is 7. The second-order valence-electron chi connectivity index (χ2n) is 6.03. The Hall–Kier alpha value is -2.84. The summed E-state index contributed by atoms with van der Waals surface area (Å²) in [5, 5.41) is 22.2. The van der Waals surface area contributed by atoms with Crippen molar-refractivity contribution in [2.75, 3.05) is 0 Å². The van der Waals surface area contributed by atoms with Crippen LogP contribution < -0.4 is 5.32 Å². The highest BCUT2D eigenvalue weighted by Gasteiger charge is 2.19. The summed E-state index contributed by atoms with van der Waals surface area (Å²) in [5.41, 5.74) is 1.10. The minimum absolute atomic E-state index is 0.189. The van der Waals surface area contributed by atoms with Crippen LogP contribution in [0.3, 0.4) is 0 Å². The van der Waals surface area contributed by atoms with E-state index < -0.39 is 0 Å². The molecule has 1 N–H and O–H groups in total. The van der Waals surface area contributed by atoms with E-state index in [1.165, 1.54) is 23.8 Å². The van der Waals surface area contributed by atoms with Gasteiger partial charge in [0.15, 0.2) is 11.5 Å². The largest absolute Gasteiger partial charge is 0.345 e. The monoisotopic (exact) mass is 326 g/mol. The summed E-state index contributed by atoms with van der Waals surface area (Å²) in [6, 6.07) is 3.85. The molecule has 3 heterocycles. The second kappa shape index (κ2) is 6.34. The van der Waals surface area contributed by atoms with Crippen LogP contribution >= 0.6 is 0 Å². The molecule has 0 radical (unpaired) electrons. The van der Waals surface area contributed by atoms with E-state index in [1.807, 2.05) is 0 Å². The van der Waals surface area contributed by atoms with E-state index in [2.05, 4.69) is 35.6 Å². The van der Waals surface area contributed by atoms with Crippen LogP contribution in [-0.4, -0.2) is 40.7 Å². The predicted molar refractivity (Wildman–Crippen MR) is 84.1 cm³/mol. The fourth-order valence-electron chi connectivity index (χ4n) is 3.19. The number of nitrogens with one attached hydrogen (secondary N) is 1. The Morgan fingerprint density at radius 3 is 2.96 bits per heavy atom. The van der Waals surface area contributed by atoms with Crippen molar-refractivity contribution in [2.45, 2.75) is 44.7 Å². The summed E-state index contributed by atoms with van der Waals surface area (Å²) >= 11 is 0. The number of hydrogen-bond acceptors (Lipinski definition) is 6. The van der Waals surface area contributed by atoms with Gasteiger partial charge in [-0.05, 0) is 35.4 Å². The molecule has 0 spiro atoms. The number of carbonyl (C=O) groups excluding carboxylic acids is 1. The predicted octanol–water partition coefficient (Wildman–Crippen LogP) is 1.15. The van der Waals surface area contributed by atoms with Gasteiger partial charge in [-0.1, -0.05) is 19.3 Å². The maximum atomic E-state index is 12.3. The number of carbonyl (C=O) groups is 1. The number of fused-ring (bicyclic) bond motifs is 1. The van der Waals surface area contributed by atoms with E-state index in [0.29, 0.717) is 23.8 Å². The molecule has 9 nitrogen and oxygen atoms in total. The first kappa shape index (κ1) is 14.7. The van der Waals surface area contributed by atoms with E-state index in [4.69, 9.17) is 0 Å². The van der Waals surface area contributed by atoms with Crippen molar-refractivity contribution >= 4 is 11.6 Å². The van der Waals surface area contributed by atoms with Crippen LogP contribution in [0.15, 0.2) is 24.7 Å². The number of pyridine rings is 1. The van der Waals surface area contributed by atoms with Crippen LogP contribution in [-0.2, 0) is 6.54 Å². The molecule has 0 bridgehead atoms. The molecule has 1 amide bonds. The number of amides is 1. The quantitative estimate of drug-likeness (QED) is 0.771. The Balaban J connectivity index is 1.44. The lowest BCUT2D eigenvalue weighted by Crippen LogP contribution is -2.26. The Morgan fingerprint density at radius 2 is 2.08 bits per heavy atom. The summed E-state index contributed by atoms with van der Waals surface area (Å²) in [7, 11) is 0. The molecule has 1 saturated carbocycles. The number of rotatable bonds is 4. The van der Waals surface area contributed by atoms with Crippen molar-refractivity contribution in [3.8, 4) is 0 Å². The van der Waals surface area contributed by atoms with Crippen molar-refractivity contribution in [1.82, 2.24) is 40.1 Å². The van der Waals surface area contributed by atoms with Gasteiger partial charge in [-0.2, -0.15) is 4.52 Å². The lowest BCUT2D eigenvalue weighted by Gasteiger charge is -2.24. The van der Waals surface area contributed by atoms with E-state index in [1.54, 1.807) is 24.7 Å². The maximum absolute atomic E-state index is 12.3. The molecule has 0 aromatic carbocycles. The fraction of sp³-hybridized carbons (Fsp3) is 0.467. The molecular formula is C15H18N8O. The average molecular weight is 326 g/mol. The maximum Gasteiger partial charge on any atom is 0.253 e. The summed E-state index contributed by atoms with van der Waals surface area (Å²) in [6.45, 7) is 0.350. The molecule has 9 heteroatoms. The average Bonchev–Trinajstić information content (AvgIpc) is 3.28. The molecule has 24 heavy (non-hydrogen) atoms. The third-order valence-electron chi connectivity index (χ3n) is 4.48. The molecular weight excluding hydrogens is 308 g/mol. The molecule has 1 aliphatic rings. The number of aromatic nitrogens is 7. The van der Waals surface area contributed by atoms with E-state index in [-0.39, 0.29) is 5.91 Å². The highest BCUT2D eigenvalue weighted by molar-refractivity contribution is 5.94. The lowest BCUT2D eigenvalue weighted by molar-refractivity contribution is 0.0948. The molecule has 1 aliphatic carbocycles. The van der Waals surface area contributed by atoms with Gasteiger partial charge >= 0.3 is 0 Å². The van der Waals surface area contributed by atoms with Crippen molar-refractivity contribution in [1.29, 1.82) is 0 Å². The first-order chi connectivity index (χ1) is 11.8. The highest BCUT2D eigenvalue weighted by atomic mass is 16.1. The van der Waals surface area contributed by atoms with Crippen molar-refractivity contribution < 1.29 is 4.79 Å². The van der Waals surface area contributed by atoms with Crippen molar-refractivity contribution in [2.24, 2.45) is 0 Å². The van der Waals surface area contributed by atoms with Gasteiger partial charge in [-0.15, -0.1) is 15.3 Å². The summed E-state index contributed by atoms with van der Waals surface area (Å²) in [4.78, 5) is 12.3. The third-order valence-corrected chi connectivity index (χ3v) is 4.48. The molecule has 3 aromatic rings. The zero-order valence-electron chi connectivity index (χ0n) is 13.2. The van der Waals surface area contributed by atoms with Gasteiger partial charge in [0.1, 0.15) is 6.33 Å². The van der Waals surface area contributed by atoms with Gasteiger partial charge in [-0.25, -0.2) is 0 Å². The SMILES string of the molecule is O=C(NCc1nncn1C1CCCCC1)c1ccc2nnnn2c1. The van der Waals surface area contributed by atoms with Crippen LogP contribution in [0.25, 0.3) is 5.65 Å². The standard InChI is InChI=1S/C15H18N8O/c24-15(11-6-7-13-19-20-21-23(13)9-11)16-8-14-18-17-10-22(14)12-4-2-1-3-5-12/h6-7,9-10,12H,1-5,8H2,(H,16,24). The minimum Gasteiger partial charge on any atom is -0.345 e. The topological polar surface area (TPSA) is 103 Å². The van der Waals surface area contributed by atoms with E-state index in [9.17, 15) is 4.79 Å². The summed E-state index contributed by atoms with van der Waals surface area (Å²) < 4.78 is 3.57. The molecule has 0 aliphatic heterocycles. The van der Waals surface area contributed by atoms with Gasteiger partial charge in [0.2, 0.25) is 0 Å². The van der Waals surface area contributed by atoms with Crippen LogP contribution in [0.1, 0.15) is 54.3 Å². The Morgan fingerprint density at radius 1 is 1.21 bits per heavy atom. The molecule has 0 unspecified atom stereocenters. The molecule has 124 valence electrons. The first-order valence-corrected chi connectivity index (χ1v) is 8.15. The van der Waals surface area contributed by atoms with Gasteiger partial charge < -0.3 is 9.88 Å². The van der Waals surface area contributed by atoms with Crippen LogP contribution in [0, 0.1) is 0 Å². The van der Waals surface area contributed by atoms with Gasteiger partial charge in [0.05, 0.1) is 12.1 Å². The lowest BCUT2D eigenvalue weighted by atomic mass is 9.95. The van der Waals surface area contributed by atoms with Gasteiger partial charge in [0, 0.05) is 12.2 Å². The summed E-state index contributed by atoms with van der Waals surface area (Å²) in [5.74, 6) is 0.601. The zero-order chi connectivity index (χ0) is 16.4. The molecule has 0 atom stereocenters. The molecule has 3 aromatic heterocycles. The zero-order valence-corrected chi connectivity index (χ0v) is 13.2. The normalized spacial score (nSPS) is 15.7. The van der Waals surface area contributed by atoms with E-state index >= 15 is 0 Å². The highest BCUT2D eigenvalue weighted by Crippen LogP contribution is 2.28. The van der Waals surface area contributed by atoms with Crippen LogP contribution in [0.2, 0.25) is 0 Å². The minimum atomic E-state index is -0.189. The van der Waals surface area contributed by atoms with Crippen LogP contribution in [0.4, 0.5) is 0 Å². The molecule has 1 fully saturated rings. The van der Waals surface area contributed by atoms with Crippen molar-refractivity contribution in [3.63, 3.8) is 0 Å². The van der Waals surface area contributed by atoms with Crippen molar-refractivity contribution in [3.05, 3.63) is 36.0 Å². The smallest absolute Gasteiger partial charge is 0.253 e. The Bertz CT molecular complexity index is 848. The van der Waals surface area contributed by atoms with Gasteiger partial charge in [0.25, 0.3) is 5.91 Å². The fourth-order valence-corrected chi connectivity index (χ4v) is 3.19. The molecule has 4 rings (SSSR count). The molecule has 0 saturated heterocycles. The summed E-state index contributed by atoms with van der Waals surface area (Å²) in [6.07, 6.45) is 9.44. The number of tetrazole rings is 1. The third kappa shape index (κ3) is 2.84.